The molecule has 4 nitrogen and oxygen atoms in total. The van der Waals surface area contributed by atoms with Gasteiger partial charge in [0, 0.05) is 5.69 Å². The van der Waals surface area contributed by atoms with Crippen LogP contribution < -0.4 is 0 Å². The Hall–Kier alpha value is -1.89. The molecule has 0 unspecified atom stereocenters. The molecule has 0 atom stereocenters. The van der Waals surface area contributed by atoms with Gasteiger partial charge in [-0.25, -0.2) is 0 Å². The number of esters is 1. The molecule has 0 aromatic carbocycles. The van der Waals surface area contributed by atoms with Crippen molar-refractivity contribution in [1.29, 1.82) is 5.26 Å². The number of nitriles is 1. The predicted molar refractivity (Wildman–Crippen MR) is 49.4 cm³/mol. The number of hydrogen-bond acceptors (Lipinski definition) is 4. The first kappa shape index (κ1) is 10.2. The molecular formula is C10H10N2O2. The summed E-state index contributed by atoms with van der Waals surface area (Å²) in [6.45, 7) is 1.81. The van der Waals surface area contributed by atoms with Gasteiger partial charge < -0.3 is 4.74 Å². The highest BCUT2D eigenvalue weighted by Gasteiger charge is 2.09. The van der Waals surface area contributed by atoms with Crippen LogP contribution in [-0.2, 0) is 16.0 Å². The van der Waals surface area contributed by atoms with Gasteiger partial charge in [0.2, 0.25) is 0 Å². The lowest BCUT2D eigenvalue weighted by Crippen LogP contribution is -2.08. The molecule has 0 N–H and O–H groups in total. The van der Waals surface area contributed by atoms with Gasteiger partial charge in [-0.3, -0.25) is 9.78 Å². The summed E-state index contributed by atoms with van der Waals surface area (Å²) in [5.41, 5.74) is 1.67. The Kier molecular flexibility index (Phi) is 3.19. The van der Waals surface area contributed by atoms with Gasteiger partial charge in [-0.1, -0.05) is 0 Å². The molecule has 0 bridgehead atoms. The Labute approximate surface area is 82.1 Å². The Bertz CT molecular complexity index is 394. The van der Waals surface area contributed by atoms with E-state index >= 15 is 0 Å². The Morgan fingerprint density at radius 3 is 2.93 bits per heavy atom. The van der Waals surface area contributed by atoms with Crippen LogP contribution in [0.5, 0.6) is 0 Å². The number of hydrogen-bond donors (Lipinski definition) is 0. The fourth-order valence-corrected chi connectivity index (χ4v) is 1.06. The number of aromatic nitrogens is 1. The van der Waals surface area contributed by atoms with Crippen LogP contribution in [0.1, 0.15) is 17.0 Å². The lowest BCUT2D eigenvalue weighted by atomic mass is 10.1. The van der Waals surface area contributed by atoms with Gasteiger partial charge in [0.1, 0.15) is 6.07 Å². The molecular weight excluding hydrogens is 180 g/mol. The minimum absolute atomic E-state index is 0.0427. The SMILES string of the molecule is COC(=O)Cc1nc(C)ccc1C#N. The lowest BCUT2D eigenvalue weighted by Gasteiger charge is -2.02. The molecule has 0 amide bonds. The molecule has 1 aromatic rings. The Morgan fingerprint density at radius 2 is 2.36 bits per heavy atom. The molecule has 1 aromatic heterocycles. The minimum Gasteiger partial charge on any atom is -0.469 e. The molecule has 0 aliphatic rings. The van der Waals surface area contributed by atoms with Crippen molar-refractivity contribution in [1.82, 2.24) is 4.98 Å². The van der Waals surface area contributed by atoms with Crippen molar-refractivity contribution in [2.75, 3.05) is 7.11 Å². The quantitative estimate of drug-likeness (QED) is 0.652. The number of ether oxygens (including phenoxy) is 1. The van der Waals surface area contributed by atoms with Gasteiger partial charge in [-0.05, 0) is 19.1 Å². The summed E-state index contributed by atoms with van der Waals surface area (Å²) in [5.74, 6) is -0.389. The average Bonchev–Trinajstić information content (AvgIpc) is 2.18. The van der Waals surface area contributed by atoms with E-state index in [-0.39, 0.29) is 12.4 Å². The first-order chi connectivity index (χ1) is 6.67. The molecule has 0 spiro atoms. The summed E-state index contributed by atoms with van der Waals surface area (Å²) in [4.78, 5) is 15.1. The van der Waals surface area contributed by atoms with E-state index in [1.807, 2.05) is 13.0 Å². The third-order valence-electron chi connectivity index (χ3n) is 1.77. The van der Waals surface area contributed by atoms with E-state index in [4.69, 9.17) is 5.26 Å². The molecule has 0 aliphatic heterocycles. The predicted octanol–water partition coefficient (Wildman–Crippen LogP) is 0.977. The van der Waals surface area contributed by atoms with Crippen molar-refractivity contribution in [2.24, 2.45) is 0 Å². The third-order valence-corrected chi connectivity index (χ3v) is 1.77. The smallest absolute Gasteiger partial charge is 0.311 e. The Balaban J connectivity index is 3.00. The van der Waals surface area contributed by atoms with Gasteiger partial charge in [0.05, 0.1) is 24.8 Å². The topological polar surface area (TPSA) is 63.0 Å². The second kappa shape index (κ2) is 4.38. The van der Waals surface area contributed by atoms with Gasteiger partial charge in [-0.15, -0.1) is 0 Å². The molecule has 4 heteroatoms. The standard InChI is InChI=1S/C10H10N2O2/c1-7-3-4-8(6-11)9(12-7)5-10(13)14-2/h3-4H,5H2,1-2H3. The molecule has 14 heavy (non-hydrogen) atoms. The largest absolute Gasteiger partial charge is 0.469 e. The van der Waals surface area contributed by atoms with Crippen LogP contribution in [0.4, 0.5) is 0 Å². The van der Waals surface area contributed by atoms with Crippen LogP contribution in [-0.4, -0.2) is 18.1 Å². The number of rotatable bonds is 2. The van der Waals surface area contributed by atoms with Crippen LogP contribution in [0.3, 0.4) is 0 Å². The maximum Gasteiger partial charge on any atom is 0.311 e. The van der Waals surface area contributed by atoms with Crippen LogP contribution in [0.25, 0.3) is 0 Å². The van der Waals surface area contributed by atoms with Gasteiger partial charge >= 0.3 is 5.97 Å². The molecule has 0 fully saturated rings. The molecule has 0 saturated heterocycles. The van der Waals surface area contributed by atoms with E-state index in [1.165, 1.54) is 7.11 Å². The maximum absolute atomic E-state index is 11.0. The van der Waals surface area contributed by atoms with Crippen molar-refractivity contribution >= 4 is 5.97 Å². The van der Waals surface area contributed by atoms with E-state index in [1.54, 1.807) is 12.1 Å². The third kappa shape index (κ3) is 2.30. The summed E-state index contributed by atoms with van der Waals surface area (Å²) in [7, 11) is 1.31. The number of carbonyl (C=O) groups is 1. The summed E-state index contributed by atoms with van der Waals surface area (Å²) >= 11 is 0. The number of aryl methyl sites for hydroxylation is 1. The lowest BCUT2D eigenvalue weighted by molar-refractivity contribution is -0.139. The van der Waals surface area contributed by atoms with Crippen LogP contribution in [0, 0.1) is 18.3 Å². The van der Waals surface area contributed by atoms with E-state index in [0.29, 0.717) is 11.3 Å². The number of carbonyl (C=O) groups excluding carboxylic acids is 1. The maximum atomic E-state index is 11.0. The summed E-state index contributed by atoms with van der Waals surface area (Å²) in [5, 5.41) is 8.75. The van der Waals surface area contributed by atoms with Crippen molar-refractivity contribution in [3.63, 3.8) is 0 Å². The first-order valence-corrected chi connectivity index (χ1v) is 4.11. The van der Waals surface area contributed by atoms with Crippen molar-refractivity contribution < 1.29 is 9.53 Å². The molecule has 72 valence electrons. The zero-order valence-electron chi connectivity index (χ0n) is 8.07. The highest BCUT2D eigenvalue weighted by Crippen LogP contribution is 2.07. The fraction of sp³-hybridized carbons (Fsp3) is 0.300. The zero-order valence-corrected chi connectivity index (χ0v) is 8.07. The van der Waals surface area contributed by atoms with Crippen LogP contribution in [0.2, 0.25) is 0 Å². The molecule has 1 heterocycles. The minimum atomic E-state index is -0.389. The first-order valence-electron chi connectivity index (χ1n) is 4.11. The van der Waals surface area contributed by atoms with Gasteiger partial charge in [-0.2, -0.15) is 5.26 Å². The van der Waals surface area contributed by atoms with E-state index in [0.717, 1.165) is 5.69 Å². The zero-order chi connectivity index (χ0) is 10.6. The van der Waals surface area contributed by atoms with E-state index in [9.17, 15) is 4.79 Å². The van der Waals surface area contributed by atoms with Gasteiger partial charge in [0.25, 0.3) is 0 Å². The van der Waals surface area contributed by atoms with Crippen molar-refractivity contribution in [3.8, 4) is 6.07 Å². The monoisotopic (exact) mass is 190 g/mol. The average molecular weight is 190 g/mol. The van der Waals surface area contributed by atoms with Crippen LogP contribution in [0.15, 0.2) is 12.1 Å². The van der Waals surface area contributed by atoms with E-state index < -0.39 is 0 Å². The highest BCUT2D eigenvalue weighted by atomic mass is 16.5. The normalized spacial score (nSPS) is 9.21. The number of pyridine rings is 1. The second-order valence-electron chi connectivity index (χ2n) is 2.81. The summed E-state index contributed by atoms with van der Waals surface area (Å²) in [6, 6.07) is 5.37. The van der Waals surface area contributed by atoms with Crippen LogP contribution >= 0.6 is 0 Å². The molecule has 0 saturated carbocycles. The number of methoxy groups -OCH3 is 1. The highest BCUT2D eigenvalue weighted by molar-refractivity contribution is 5.72. The van der Waals surface area contributed by atoms with E-state index in [2.05, 4.69) is 9.72 Å². The second-order valence-corrected chi connectivity index (χ2v) is 2.81. The molecule has 0 aliphatic carbocycles. The summed E-state index contributed by atoms with van der Waals surface area (Å²) < 4.78 is 4.51. The van der Waals surface area contributed by atoms with Crippen molar-refractivity contribution in [2.45, 2.75) is 13.3 Å². The van der Waals surface area contributed by atoms with Gasteiger partial charge in [0.15, 0.2) is 0 Å². The molecule has 0 radical (unpaired) electrons. The summed E-state index contributed by atoms with van der Waals surface area (Å²) in [6.07, 6.45) is 0.0427. The Morgan fingerprint density at radius 1 is 1.64 bits per heavy atom. The number of nitrogens with zero attached hydrogens (tertiary/aromatic N) is 2. The fourth-order valence-electron chi connectivity index (χ4n) is 1.06. The van der Waals surface area contributed by atoms with Crippen molar-refractivity contribution in [3.05, 3.63) is 29.1 Å². The molecule has 1 rings (SSSR count).